The molecule has 1 aliphatic heterocycles. The first kappa shape index (κ1) is 11.8. The Hall–Kier alpha value is -1.69. The predicted octanol–water partition coefficient (Wildman–Crippen LogP) is 0.642. The Morgan fingerprint density at radius 2 is 2.35 bits per heavy atom. The monoisotopic (exact) mass is 251 g/mol. The summed E-state index contributed by atoms with van der Waals surface area (Å²) in [6.45, 7) is 1.35. The number of carboxylic acids is 1. The second-order valence-corrected chi connectivity index (χ2v) is 4.24. The highest BCUT2D eigenvalue weighted by Gasteiger charge is 2.22. The molecule has 1 aromatic rings. The molecule has 1 aliphatic rings. The summed E-state index contributed by atoms with van der Waals surface area (Å²) < 4.78 is 0. The van der Waals surface area contributed by atoms with E-state index in [0.717, 1.165) is 17.7 Å². The highest BCUT2D eigenvalue weighted by atomic mass is 32.1. The molecule has 0 bridgehead atoms. The molecule has 0 saturated heterocycles. The van der Waals surface area contributed by atoms with E-state index in [9.17, 15) is 4.79 Å². The van der Waals surface area contributed by atoms with Crippen molar-refractivity contribution in [3.8, 4) is 0 Å². The van der Waals surface area contributed by atoms with Crippen molar-refractivity contribution in [1.29, 1.82) is 0 Å². The summed E-state index contributed by atoms with van der Waals surface area (Å²) in [6, 6.07) is 0. The molecule has 2 heterocycles. The zero-order valence-electron chi connectivity index (χ0n) is 9.43. The summed E-state index contributed by atoms with van der Waals surface area (Å²) in [6.07, 6.45) is 3.81. The molecule has 90 valence electrons. The highest BCUT2D eigenvalue weighted by Crippen LogP contribution is 2.21. The van der Waals surface area contributed by atoms with Gasteiger partial charge in [-0.3, -0.25) is 4.98 Å². The molecule has 0 unspecified atom stereocenters. The largest absolute Gasteiger partial charge is 0.478 e. The van der Waals surface area contributed by atoms with Crippen molar-refractivity contribution in [3.63, 3.8) is 0 Å². The molecule has 0 aromatic carbocycles. The fourth-order valence-corrected chi connectivity index (χ4v) is 2.17. The molecule has 0 amide bonds. The minimum Gasteiger partial charge on any atom is -0.478 e. The number of thiocarbonyl (C=S) groups is 1. The summed E-state index contributed by atoms with van der Waals surface area (Å²) in [4.78, 5) is 17.0. The number of nitrogens with zero attached hydrogens (tertiary/aromatic N) is 2. The van der Waals surface area contributed by atoms with Crippen molar-refractivity contribution >= 4 is 23.3 Å². The number of rotatable bonds is 1. The first-order valence-electron chi connectivity index (χ1n) is 5.29. The van der Waals surface area contributed by atoms with Gasteiger partial charge in [-0.05, 0) is 29.8 Å². The van der Waals surface area contributed by atoms with Crippen molar-refractivity contribution in [3.05, 3.63) is 29.1 Å². The van der Waals surface area contributed by atoms with Crippen molar-refractivity contribution in [2.45, 2.75) is 13.0 Å². The van der Waals surface area contributed by atoms with Gasteiger partial charge in [0.25, 0.3) is 0 Å². The van der Waals surface area contributed by atoms with Crippen LogP contribution in [0, 0.1) is 0 Å². The molecule has 0 radical (unpaired) electrons. The fraction of sp³-hybridized carbons (Fsp3) is 0.364. The van der Waals surface area contributed by atoms with E-state index in [0.29, 0.717) is 23.6 Å². The number of pyridine rings is 1. The van der Waals surface area contributed by atoms with E-state index in [1.165, 1.54) is 6.20 Å². The van der Waals surface area contributed by atoms with E-state index in [4.69, 9.17) is 17.3 Å². The molecule has 1 aromatic heterocycles. The standard InChI is InChI=1S/C11H13N3O2S/c1-12-11(17)14-3-2-8-7(6-14)4-13-5-9(8)10(15)16/h4-5H,2-3,6H2,1H3,(H,12,17)(H,15,16). The molecule has 5 nitrogen and oxygen atoms in total. The molecule has 0 aliphatic carbocycles. The van der Waals surface area contributed by atoms with Crippen LogP contribution in [0.4, 0.5) is 0 Å². The normalized spacial score (nSPS) is 14.1. The lowest BCUT2D eigenvalue weighted by molar-refractivity contribution is 0.0694. The number of aromatic carboxylic acids is 1. The summed E-state index contributed by atoms with van der Waals surface area (Å²) in [7, 11) is 1.78. The molecule has 2 N–H and O–H groups in total. The molecular formula is C11H13N3O2S. The van der Waals surface area contributed by atoms with E-state index in [-0.39, 0.29) is 0 Å². The van der Waals surface area contributed by atoms with E-state index in [1.54, 1.807) is 13.2 Å². The van der Waals surface area contributed by atoms with E-state index >= 15 is 0 Å². The second-order valence-electron chi connectivity index (χ2n) is 3.86. The lowest BCUT2D eigenvalue weighted by Crippen LogP contribution is -2.41. The Labute approximate surface area is 104 Å². The maximum absolute atomic E-state index is 11.1. The Bertz CT molecular complexity index is 476. The third-order valence-corrected chi connectivity index (χ3v) is 3.33. The van der Waals surface area contributed by atoms with Crippen LogP contribution in [0.2, 0.25) is 0 Å². The average Bonchev–Trinajstić information content (AvgIpc) is 2.36. The topological polar surface area (TPSA) is 65.5 Å². The average molecular weight is 251 g/mol. The van der Waals surface area contributed by atoms with Crippen LogP contribution in [0.3, 0.4) is 0 Å². The number of fused-ring (bicyclic) bond motifs is 1. The van der Waals surface area contributed by atoms with Crippen LogP contribution < -0.4 is 5.32 Å². The minimum atomic E-state index is -0.918. The second kappa shape index (κ2) is 4.67. The molecule has 0 atom stereocenters. The predicted molar refractivity (Wildman–Crippen MR) is 67.0 cm³/mol. The van der Waals surface area contributed by atoms with Gasteiger partial charge in [0.05, 0.1) is 5.56 Å². The summed E-state index contributed by atoms with van der Waals surface area (Å²) in [5, 5.41) is 12.7. The molecule has 0 fully saturated rings. The summed E-state index contributed by atoms with van der Waals surface area (Å²) in [5.41, 5.74) is 2.12. The number of carbonyl (C=O) groups is 1. The quantitative estimate of drug-likeness (QED) is 0.714. The van der Waals surface area contributed by atoms with Gasteiger partial charge in [0.2, 0.25) is 0 Å². The smallest absolute Gasteiger partial charge is 0.337 e. The van der Waals surface area contributed by atoms with E-state index in [1.807, 2.05) is 4.90 Å². The maximum Gasteiger partial charge on any atom is 0.337 e. The molecule has 2 rings (SSSR count). The van der Waals surface area contributed by atoms with Crippen molar-refractivity contribution in [1.82, 2.24) is 15.2 Å². The van der Waals surface area contributed by atoms with Crippen LogP contribution in [0.1, 0.15) is 21.5 Å². The van der Waals surface area contributed by atoms with Gasteiger partial charge in [0.15, 0.2) is 5.11 Å². The van der Waals surface area contributed by atoms with Gasteiger partial charge in [0, 0.05) is 32.5 Å². The Morgan fingerprint density at radius 1 is 1.59 bits per heavy atom. The van der Waals surface area contributed by atoms with Crippen LogP contribution in [-0.4, -0.2) is 39.7 Å². The Morgan fingerprint density at radius 3 is 3.00 bits per heavy atom. The Kier molecular flexibility index (Phi) is 3.23. The fourth-order valence-electron chi connectivity index (χ4n) is 2.01. The minimum absolute atomic E-state index is 0.303. The summed E-state index contributed by atoms with van der Waals surface area (Å²) >= 11 is 5.17. The molecular weight excluding hydrogens is 238 g/mol. The number of carboxylic acid groups (broad SMARTS) is 1. The van der Waals surface area contributed by atoms with Crippen LogP contribution in [-0.2, 0) is 13.0 Å². The van der Waals surface area contributed by atoms with Crippen molar-refractivity contribution < 1.29 is 9.90 Å². The van der Waals surface area contributed by atoms with E-state index < -0.39 is 5.97 Å². The van der Waals surface area contributed by atoms with Crippen LogP contribution in [0.5, 0.6) is 0 Å². The van der Waals surface area contributed by atoms with Crippen LogP contribution in [0.25, 0.3) is 0 Å². The van der Waals surface area contributed by atoms with Gasteiger partial charge in [-0.15, -0.1) is 0 Å². The van der Waals surface area contributed by atoms with Crippen molar-refractivity contribution in [2.75, 3.05) is 13.6 Å². The van der Waals surface area contributed by atoms with Crippen molar-refractivity contribution in [2.24, 2.45) is 0 Å². The first-order valence-corrected chi connectivity index (χ1v) is 5.70. The third-order valence-electron chi connectivity index (χ3n) is 2.87. The first-order chi connectivity index (χ1) is 8.13. The zero-order chi connectivity index (χ0) is 12.4. The van der Waals surface area contributed by atoms with Crippen LogP contribution in [0.15, 0.2) is 12.4 Å². The summed E-state index contributed by atoms with van der Waals surface area (Å²) in [5.74, 6) is -0.918. The van der Waals surface area contributed by atoms with Gasteiger partial charge in [-0.25, -0.2) is 4.79 Å². The van der Waals surface area contributed by atoms with Gasteiger partial charge >= 0.3 is 5.97 Å². The molecule has 0 spiro atoms. The number of aromatic nitrogens is 1. The van der Waals surface area contributed by atoms with Crippen LogP contribution >= 0.6 is 12.2 Å². The SMILES string of the molecule is CNC(=S)N1CCc2c(cncc2C(=O)O)C1. The van der Waals surface area contributed by atoms with Gasteiger partial charge < -0.3 is 15.3 Å². The lowest BCUT2D eigenvalue weighted by atomic mass is 9.97. The molecule has 0 saturated carbocycles. The Balaban J connectivity index is 2.31. The third kappa shape index (κ3) is 2.21. The zero-order valence-corrected chi connectivity index (χ0v) is 10.3. The number of hydrogen-bond donors (Lipinski definition) is 2. The maximum atomic E-state index is 11.1. The highest BCUT2D eigenvalue weighted by molar-refractivity contribution is 7.80. The number of hydrogen-bond acceptors (Lipinski definition) is 3. The van der Waals surface area contributed by atoms with Gasteiger partial charge in [-0.1, -0.05) is 0 Å². The number of nitrogens with one attached hydrogen (secondary N) is 1. The van der Waals surface area contributed by atoms with E-state index in [2.05, 4.69) is 10.3 Å². The van der Waals surface area contributed by atoms with Gasteiger partial charge in [0.1, 0.15) is 0 Å². The van der Waals surface area contributed by atoms with Gasteiger partial charge in [-0.2, -0.15) is 0 Å². The lowest BCUT2D eigenvalue weighted by Gasteiger charge is -2.30. The molecule has 6 heteroatoms. The molecule has 17 heavy (non-hydrogen) atoms.